The van der Waals surface area contributed by atoms with E-state index in [-0.39, 0.29) is 24.0 Å². The van der Waals surface area contributed by atoms with E-state index in [1.54, 1.807) is 0 Å². The molecule has 0 saturated carbocycles. The first-order chi connectivity index (χ1) is 15.2. The zero-order valence-electron chi connectivity index (χ0n) is 18.3. The number of aliphatic imine (C=N–C) groups is 1. The number of piperazine rings is 1. The van der Waals surface area contributed by atoms with Crippen molar-refractivity contribution < 1.29 is 0 Å². The third-order valence-corrected chi connectivity index (χ3v) is 5.93. The number of aromatic nitrogens is 2. The van der Waals surface area contributed by atoms with Crippen molar-refractivity contribution in [2.24, 2.45) is 4.99 Å². The van der Waals surface area contributed by atoms with Gasteiger partial charge in [0.15, 0.2) is 5.96 Å². The van der Waals surface area contributed by atoms with Crippen LogP contribution in [-0.4, -0.2) is 60.2 Å². The van der Waals surface area contributed by atoms with E-state index in [1.165, 1.54) is 5.56 Å². The Labute approximate surface area is 212 Å². The van der Waals surface area contributed by atoms with Gasteiger partial charge in [-0.1, -0.05) is 54.1 Å². The SMILES string of the molecule is CN=C(NCCc1nccn1Cc1ccccc1)N1CCN(c2ccccc2Cl)CC1.I. The molecule has 170 valence electrons. The molecule has 2 heterocycles. The monoisotopic (exact) mass is 564 g/mol. The summed E-state index contributed by atoms with van der Waals surface area (Å²) in [6, 6.07) is 18.5. The second-order valence-corrected chi connectivity index (χ2v) is 8.01. The number of nitrogens with one attached hydrogen (secondary N) is 1. The summed E-state index contributed by atoms with van der Waals surface area (Å²) < 4.78 is 2.21. The van der Waals surface area contributed by atoms with Gasteiger partial charge in [0.1, 0.15) is 5.82 Å². The standard InChI is InChI=1S/C24H29ClN6.HI/c1-26-24(30-17-15-29(16-18-30)22-10-6-5-9-21(22)25)28-12-11-23-27-13-14-31(23)19-20-7-3-2-4-8-20;/h2-10,13-14H,11-12,15-19H2,1H3,(H,26,28);1H. The van der Waals surface area contributed by atoms with Crippen LogP contribution in [0.25, 0.3) is 0 Å². The number of halogens is 2. The molecule has 32 heavy (non-hydrogen) atoms. The molecule has 0 unspecified atom stereocenters. The molecule has 1 aliphatic heterocycles. The molecule has 4 rings (SSSR count). The fourth-order valence-corrected chi connectivity index (χ4v) is 4.23. The number of para-hydroxylation sites is 1. The first kappa shape index (κ1) is 24.4. The van der Waals surface area contributed by atoms with Gasteiger partial charge < -0.3 is 19.7 Å². The minimum atomic E-state index is 0. The summed E-state index contributed by atoms with van der Waals surface area (Å²) in [5.41, 5.74) is 2.39. The molecule has 1 aromatic heterocycles. The molecule has 0 bridgehead atoms. The second-order valence-electron chi connectivity index (χ2n) is 7.61. The van der Waals surface area contributed by atoms with Crippen LogP contribution in [-0.2, 0) is 13.0 Å². The molecular formula is C24H30ClIN6. The van der Waals surface area contributed by atoms with Crippen LogP contribution in [0.1, 0.15) is 11.4 Å². The number of imidazole rings is 1. The minimum absolute atomic E-state index is 0. The Kier molecular flexibility index (Phi) is 9.23. The summed E-state index contributed by atoms with van der Waals surface area (Å²) in [5, 5.41) is 4.32. The molecule has 1 N–H and O–H groups in total. The van der Waals surface area contributed by atoms with Crippen molar-refractivity contribution in [1.29, 1.82) is 0 Å². The van der Waals surface area contributed by atoms with E-state index < -0.39 is 0 Å². The molecule has 0 atom stereocenters. The summed E-state index contributed by atoms with van der Waals surface area (Å²) in [6.45, 7) is 5.30. The highest BCUT2D eigenvalue weighted by molar-refractivity contribution is 14.0. The quantitative estimate of drug-likeness (QED) is 0.278. The van der Waals surface area contributed by atoms with Crippen molar-refractivity contribution >= 4 is 47.2 Å². The van der Waals surface area contributed by atoms with Crippen LogP contribution in [0.2, 0.25) is 5.02 Å². The highest BCUT2D eigenvalue weighted by Gasteiger charge is 2.21. The maximum absolute atomic E-state index is 6.37. The molecular weight excluding hydrogens is 535 g/mol. The lowest BCUT2D eigenvalue weighted by atomic mass is 10.2. The number of nitrogens with zero attached hydrogens (tertiary/aromatic N) is 5. The maximum atomic E-state index is 6.37. The van der Waals surface area contributed by atoms with Gasteiger partial charge in [-0.2, -0.15) is 0 Å². The van der Waals surface area contributed by atoms with E-state index >= 15 is 0 Å². The van der Waals surface area contributed by atoms with Crippen LogP contribution >= 0.6 is 35.6 Å². The fraction of sp³-hybridized carbons (Fsp3) is 0.333. The normalized spacial score (nSPS) is 14.2. The van der Waals surface area contributed by atoms with Crippen LogP contribution in [0.5, 0.6) is 0 Å². The number of rotatable bonds is 6. The third kappa shape index (κ3) is 6.16. The number of hydrogen-bond acceptors (Lipinski definition) is 3. The molecule has 0 spiro atoms. The van der Waals surface area contributed by atoms with E-state index in [2.05, 4.69) is 60.0 Å². The first-order valence-electron chi connectivity index (χ1n) is 10.7. The van der Waals surface area contributed by atoms with Crippen LogP contribution in [0.4, 0.5) is 5.69 Å². The summed E-state index contributed by atoms with van der Waals surface area (Å²) in [7, 11) is 1.85. The van der Waals surface area contributed by atoms with Gasteiger partial charge in [-0.25, -0.2) is 4.98 Å². The van der Waals surface area contributed by atoms with Crippen molar-refractivity contribution in [1.82, 2.24) is 19.8 Å². The Bertz CT molecular complexity index is 998. The highest BCUT2D eigenvalue weighted by Crippen LogP contribution is 2.26. The van der Waals surface area contributed by atoms with Crippen LogP contribution in [0.3, 0.4) is 0 Å². The van der Waals surface area contributed by atoms with Gasteiger partial charge in [-0.05, 0) is 17.7 Å². The van der Waals surface area contributed by atoms with Gasteiger partial charge in [0, 0.05) is 65.1 Å². The molecule has 1 fully saturated rings. The van der Waals surface area contributed by atoms with Gasteiger partial charge in [0.25, 0.3) is 0 Å². The second kappa shape index (κ2) is 12.1. The number of guanidine groups is 1. The predicted molar refractivity (Wildman–Crippen MR) is 143 cm³/mol. The minimum Gasteiger partial charge on any atom is -0.367 e. The molecule has 1 saturated heterocycles. The lowest BCUT2D eigenvalue weighted by Crippen LogP contribution is -2.52. The Morgan fingerprint density at radius 2 is 1.75 bits per heavy atom. The van der Waals surface area contributed by atoms with Crippen LogP contribution < -0.4 is 10.2 Å². The van der Waals surface area contributed by atoms with Crippen molar-refractivity contribution in [3.63, 3.8) is 0 Å². The smallest absolute Gasteiger partial charge is 0.193 e. The van der Waals surface area contributed by atoms with Crippen molar-refractivity contribution in [2.45, 2.75) is 13.0 Å². The van der Waals surface area contributed by atoms with Gasteiger partial charge in [0.05, 0.1) is 10.7 Å². The van der Waals surface area contributed by atoms with Gasteiger partial charge in [-0.3, -0.25) is 4.99 Å². The van der Waals surface area contributed by atoms with E-state index in [4.69, 9.17) is 11.6 Å². The lowest BCUT2D eigenvalue weighted by molar-refractivity contribution is 0.373. The fourth-order valence-electron chi connectivity index (χ4n) is 3.98. The molecule has 2 aromatic carbocycles. The molecule has 3 aromatic rings. The topological polar surface area (TPSA) is 48.7 Å². The molecule has 0 radical (unpaired) electrons. The summed E-state index contributed by atoms with van der Waals surface area (Å²) in [5.74, 6) is 2.02. The lowest BCUT2D eigenvalue weighted by Gasteiger charge is -2.38. The third-order valence-electron chi connectivity index (χ3n) is 5.61. The van der Waals surface area contributed by atoms with Gasteiger partial charge in [0.2, 0.25) is 0 Å². The van der Waals surface area contributed by atoms with Crippen molar-refractivity contribution in [3.05, 3.63) is 83.4 Å². The number of hydrogen-bond donors (Lipinski definition) is 1. The maximum Gasteiger partial charge on any atom is 0.193 e. The van der Waals surface area contributed by atoms with E-state index in [0.717, 1.165) is 68.2 Å². The first-order valence-corrected chi connectivity index (χ1v) is 11.1. The Balaban J connectivity index is 0.00000289. The molecule has 1 aliphatic rings. The molecule has 8 heteroatoms. The zero-order valence-corrected chi connectivity index (χ0v) is 21.4. The summed E-state index contributed by atoms with van der Waals surface area (Å²) in [6.07, 6.45) is 4.77. The van der Waals surface area contributed by atoms with Crippen LogP contribution in [0, 0.1) is 0 Å². The highest BCUT2D eigenvalue weighted by atomic mass is 127. The average molecular weight is 565 g/mol. The molecule has 0 aliphatic carbocycles. The van der Waals surface area contributed by atoms with E-state index in [0.29, 0.717) is 0 Å². The Morgan fingerprint density at radius 1 is 1.03 bits per heavy atom. The summed E-state index contributed by atoms with van der Waals surface area (Å²) in [4.78, 5) is 13.7. The van der Waals surface area contributed by atoms with Gasteiger partial charge >= 0.3 is 0 Å². The number of anilines is 1. The van der Waals surface area contributed by atoms with E-state index in [9.17, 15) is 0 Å². The van der Waals surface area contributed by atoms with Crippen LogP contribution in [0.15, 0.2) is 72.0 Å². The Morgan fingerprint density at radius 3 is 2.47 bits per heavy atom. The largest absolute Gasteiger partial charge is 0.367 e. The summed E-state index contributed by atoms with van der Waals surface area (Å²) >= 11 is 6.37. The molecule has 6 nitrogen and oxygen atoms in total. The predicted octanol–water partition coefficient (Wildman–Crippen LogP) is 4.14. The number of benzene rings is 2. The zero-order chi connectivity index (χ0) is 21.5. The van der Waals surface area contributed by atoms with Crippen molar-refractivity contribution in [3.8, 4) is 0 Å². The van der Waals surface area contributed by atoms with Gasteiger partial charge in [-0.15, -0.1) is 24.0 Å². The molecule has 0 amide bonds. The average Bonchev–Trinajstić information content (AvgIpc) is 3.25. The Hall–Kier alpha value is -2.26. The van der Waals surface area contributed by atoms with Crippen molar-refractivity contribution in [2.75, 3.05) is 44.7 Å². The van der Waals surface area contributed by atoms with E-state index in [1.807, 2.05) is 43.7 Å².